The quantitative estimate of drug-likeness (QED) is 0.641. The van der Waals surface area contributed by atoms with Crippen LogP contribution in [0.4, 0.5) is 0 Å². The maximum absolute atomic E-state index is 12.5. The van der Waals surface area contributed by atoms with Gasteiger partial charge in [0.2, 0.25) is 5.43 Å². The molecule has 0 saturated carbocycles. The van der Waals surface area contributed by atoms with Gasteiger partial charge < -0.3 is 10.3 Å². The van der Waals surface area contributed by atoms with E-state index in [0.29, 0.717) is 11.9 Å². The van der Waals surface area contributed by atoms with E-state index in [1.54, 1.807) is 6.07 Å². The van der Waals surface area contributed by atoms with E-state index < -0.39 is 0 Å². The summed E-state index contributed by atoms with van der Waals surface area (Å²) in [4.78, 5) is 27.8. The molecule has 0 radical (unpaired) electrons. The first-order chi connectivity index (χ1) is 11.1. The van der Waals surface area contributed by atoms with Crippen LogP contribution in [-0.2, 0) is 6.54 Å². The first-order valence-electron chi connectivity index (χ1n) is 7.20. The Balaban J connectivity index is 1.85. The predicted molar refractivity (Wildman–Crippen MR) is 99.6 cm³/mol. The minimum atomic E-state index is -0.368. The van der Waals surface area contributed by atoms with Crippen molar-refractivity contribution in [3.05, 3.63) is 79.1 Å². The number of hydrogen-bond donors (Lipinski definition) is 2. The fourth-order valence-corrected chi connectivity index (χ4v) is 3.02. The lowest BCUT2D eigenvalue weighted by atomic mass is 10.1. The highest BCUT2D eigenvalue weighted by Gasteiger charge is 2.13. The van der Waals surface area contributed by atoms with Gasteiger partial charge in [0, 0.05) is 21.7 Å². The van der Waals surface area contributed by atoms with Crippen molar-refractivity contribution in [3.8, 4) is 0 Å². The molecule has 3 aromatic rings. The lowest BCUT2D eigenvalue weighted by Gasteiger charge is -2.07. The Hall–Kier alpha value is -2.15. The smallest absolute Gasteiger partial charge is 0.257 e. The Morgan fingerprint density at radius 3 is 2.65 bits per heavy atom. The van der Waals surface area contributed by atoms with Crippen molar-refractivity contribution in [2.24, 2.45) is 0 Å². The number of hydrogen-bond acceptors (Lipinski definition) is 2. The van der Waals surface area contributed by atoms with Crippen LogP contribution in [-0.4, -0.2) is 10.9 Å². The number of amides is 1. The molecule has 0 saturated heterocycles. The van der Waals surface area contributed by atoms with Crippen molar-refractivity contribution in [3.63, 3.8) is 0 Å². The van der Waals surface area contributed by atoms with E-state index in [1.165, 1.54) is 11.8 Å². The van der Waals surface area contributed by atoms with Gasteiger partial charge in [-0.15, -0.1) is 0 Å². The number of H-pyrrole nitrogens is 1. The SMILES string of the molecule is Cc1ccc(CNC(=O)c2c[nH]c3c(I)cccc3c2=O)cc1. The molecule has 2 N–H and O–H groups in total. The molecule has 1 heterocycles. The Labute approximate surface area is 147 Å². The van der Waals surface area contributed by atoms with E-state index in [0.717, 1.165) is 14.7 Å². The van der Waals surface area contributed by atoms with E-state index >= 15 is 0 Å². The van der Waals surface area contributed by atoms with Gasteiger partial charge in [0.05, 0.1) is 5.52 Å². The maximum Gasteiger partial charge on any atom is 0.257 e. The first-order valence-corrected chi connectivity index (χ1v) is 8.28. The molecule has 0 atom stereocenters. The van der Waals surface area contributed by atoms with Crippen molar-refractivity contribution in [1.29, 1.82) is 0 Å². The molecule has 5 heteroatoms. The standard InChI is InChI=1S/C18H15IN2O2/c1-11-5-7-12(8-6-11)9-21-18(23)14-10-20-16-13(17(14)22)3-2-4-15(16)19/h2-8,10H,9H2,1H3,(H,20,22)(H,21,23). The first kappa shape index (κ1) is 15.7. The van der Waals surface area contributed by atoms with Gasteiger partial charge in [-0.1, -0.05) is 35.9 Å². The van der Waals surface area contributed by atoms with E-state index in [-0.39, 0.29) is 16.9 Å². The maximum atomic E-state index is 12.5. The number of aryl methyl sites for hydroxylation is 1. The number of pyridine rings is 1. The highest BCUT2D eigenvalue weighted by atomic mass is 127. The molecular formula is C18H15IN2O2. The highest BCUT2D eigenvalue weighted by Crippen LogP contribution is 2.15. The average molecular weight is 418 g/mol. The monoisotopic (exact) mass is 418 g/mol. The summed E-state index contributed by atoms with van der Waals surface area (Å²) in [6.07, 6.45) is 1.48. The Bertz CT molecular complexity index is 930. The lowest BCUT2D eigenvalue weighted by Crippen LogP contribution is -2.28. The fraction of sp³-hybridized carbons (Fsp3) is 0.111. The van der Waals surface area contributed by atoms with E-state index in [4.69, 9.17) is 0 Å². The normalized spacial score (nSPS) is 10.7. The van der Waals surface area contributed by atoms with Gasteiger partial charge in [-0.3, -0.25) is 9.59 Å². The third kappa shape index (κ3) is 3.29. The Kier molecular flexibility index (Phi) is 4.47. The summed E-state index contributed by atoms with van der Waals surface area (Å²) in [6, 6.07) is 13.4. The lowest BCUT2D eigenvalue weighted by molar-refractivity contribution is 0.0949. The van der Waals surface area contributed by atoms with Crippen LogP contribution in [0.2, 0.25) is 0 Å². The highest BCUT2D eigenvalue weighted by molar-refractivity contribution is 14.1. The fourth-order valence-electron chi connectivity index (χ4n) is 2.37. The number of carbonyl (C=O) groups excluding carboxylic acids is 1. The summed E-state index contributed by atoms with van der Waals surface area (Å²) in [5, 5.41) is 3.32. The average Bonchev–Trinajstić information content (AvgIpc) is 2.55. The summed E-state index contributed by atoms with van der Waals surface area (Å²) >= 11 is 2.16. The van der Waals surface area contributed by atoms with Gasteiger partial charge in [-0.05, 0) is 47.2 Å². The van der Waals surface area contributed by atoms with Gasteiger partial charge in [0.25, 0.3) is 5.91 Å². The summed E-state index contributed by atoms with van der Waals surface area (Å²) in [7, 11) is 0. The topological polar surface area (TPSA) is 62.0 Å². The zero-order valence-corrected chi connectivity index (χ0v) is 14.7. The number of nitrogens with one attached hydrogen (secondary N) is 2. The van der Waals surface area contributed by atoms with Gasteiger partial charge in [0.15, 0.2) is 0 Å². The number of benzene rings is 2. The largest absolute Gasteiger partial charge is 0.359 e. The molecule has 0 aliphatic rings. The molecule has 1 amide bonds. The molecule has 0 spiro atoms. The predicted octanol–water partition coefficient (Wildman–Crippen LogP) is 3.37. The van der Waals surface area contributed by atoms with E-state index in [1.807, 2.05) is 43.3 Å². The van der Waals surface area contributed by atoms with Gasteiger partial charge in [0.1, 0.15) is 5.56 Å². The van der Waals surface area contributed by atoms with Gasteiger partial charge in [-0.25, -0.2) is 0 Å². The zero-order chi connectivity index (χ0) is 16.4. The molecule has 0 aliphatic heterocycles. The summed E-state index contributed by atoms with van der Waals surface area (Å²) in [6.45, 7) is 2.40. The summed E-state index contributed by atoms with van der Waals surface area (Å²) in [5.41, 5.74) is 2.80. The van der Waals surface area contributed by atoms with Crippen LogP contribution in [0.1, 0.15) is 21.5 Å². The Morgan fingerprint density at radius 1 is 1.17 bits per heavy atom. The molecule has 116 valence electrons. The number of carbonyl (C=O) groups is 1. The van der Waals surface area contributed by atoms with Crippen molar-refractivity contribution in [1.82, 2.24) is 10.3 Å². The summed E-state index contributed by atoms with van der Waals surface area (Å²) in [5.74, 6) is -0.368. The second-order valence-corrected chi connectivity index (χ2v) is 6.52. The second kappa shape index (κ2) is 6.54. The molecule has 0 unspecified atom stereocenters. The van der Waals surface area contributed by atoms with Crippen molar-refractivity contribution in [2.45, 2.75) is 13.5 Å². The van der Waals surface area contributed by atoms with Crippen LogP contribution < -0.4 is 10.7 Å². The summed E-state index contributed by atoms with van der Waals surface area (Å²) < 4.78 is 0.948. The Morgan fingerprint density at radius 2 is 1.91 bits per heavy atom. The minimum absolute atomic E-state index is 0.131. The number of rotatable bonds is 3. The second-order valence-electron chi connectivity index (χ2n) is 5.36. The molecule has 0 aliphatic carbocycles. The molecule has 0 fully saturated rings. The molecule has 0 bridgehead atoms. The number of halogens is 1. The van der Waals surface area contributed by atoms with Crippen LogP contribution in [0, 0.1) is 10.5 Å². The molecule has 23 heavy (non-hydrogen) atoms. The van der Waals surface area contributed by atoms with Crippen molar-refractivity contribution in [2.75, 3.05) is 0 Å². The van der Waals surface area contributed by atoms with Crippen molar-refractivity contribution >= 4 is 39.4 Å². The van der Waals surface area contributed by atoms with Crippen LogP contribution >= 0.6 is 22.6 Å². The van der Waals surface area contributed by atoms with Gasteiger partial charge in [-0.2, -0.15) is 0 Å². The van der Waals surface area contributed by atoms with Crippen LogP contribution in [0.25, 0.3) is 10.9 Å². The van der Waals surface area contributed by atoms with Crippen LogP contribution in [0.15, 0.2) is 53.5 Å². The number of aromatic nitrogens is 1. The van der Waals surface area contributed by atoms with Crippen molar-refractivity contribution < 1.29 is 4.79 Å². The third-order valence-electron chi connectivity index (χ3n) is 3.68. The van der Waals surface area contributed by atoms with Crippen LogP contribution in [0.5, 0.6) is 0 Å². The minimum Gasteiger partial charge on any atom is -0.359 e. The number of fused-ring (bicyclic) bond motifs is 1. The molecule has 4 nitrogen and oxygen atoms in total. The number of para-hydroxylation sites is 1. The van der Waals surface area contributed by atoms with E-state index in [9.17, 15) is 9.59 Å². The number of aromatic amines is 1. The molecule has 2 aromatic carbocycles. The van der Waals surface area contributed by atoms with E-state index in [2.05, 4.69) is 32.9 Å². The van der Waals surface area contributed by atoms with Gasteiger partial charge >= 0.3 is 0 Å². The zero-order valence-electron chi connectivity index (χ0n) is 12.5. The molecule has 1 aromatic heterocycles. The molecule has 3 rings (SSSR count). The third-order valence-corrected chi connectivity index (χ3v) is 4.58. The van der Waals surface area contributed by atoms with Crippen LogP contribution in [0.3, 0.4) is 0 Å². The molecular weight excluding hydrogens is 403 g/mol.